The molecule has 0 spiro atoms. The molecule has 164 valence electrons. The summed E-state index contributed by atoms with van der Waals surface area (Å²) in [5, 5.41) is 3.11. The number of carbonyl (C=O) groups excluding carboxylic acids is 1. The Morgan fingerprint density at radius 3 is 2.19 bits per heavy atom. The Morgan fingerprint density at radius 1 is 0.935 bits per heavy atom. The first-order valence-electron chi connectivity index (χ1n) is 10.9. The summed E-state index contributed by atoms with van der Waals surface area (Å²) in [6, 6.07) is 18.7. The minimum Gasteiger partial charge on any atom is -0.457 e. The van der Waals surface area contributed by atoms with Gasteiger partial charge in [-0.2, -0.15) is 0 Å². The Bertz CT molecular complexity index is 857. The molecular formula is C24H28N2O4S. The first kappa shape index (κ1) is 20.8. The van der Waals surface area contributed by atoms with Crippen molar-refractivity contribution < 1.29 is 19.0 Å². The molecule has 0 aliphatic carbocycles. The van der Waals surface area contributed by atoms with Crippen molar-refractivity contribution in [2.24, 2.45) is 0 Å². The number of amides is 1. The van der Waals surface area contributed by atoms with E-state index in [9.17, 15) is 4.79 Å². The summed E-state index contributed by atoms with van der Waals surface area (Å²) in [4.78, 5) is 15.5. The standard InChI is InChI=1S/C24H28N2O4S/c27-24-23(17-6-8-22(9-7-17)30-21-4-2-1-3-5-21)31-11-10-18(25-24)12-26(19-13-28-14-19)20-15-29-16-20/h1-9,18-20,23H,10-16H2,(H,25,27)/t18-,23+/m0/s1. The first-order valence-corrected chi connectivity index (χ1v) is 12.0. The summed E-state index contributed by atoms with van der Waals surface area (Å²) < 4.78 is 16.7. The molecule has 2 atom stereocenters. The van der Waals surface area contributed by atoms with Crippen LogP contribution in [-0.4, -0.2) is 67.7 Å². The van der Waals surface area contributed by atoms with E-state index in [1.165, 1.54) is 0 Å². The SMILES string of the molecule is O=C1N[C@H](CN(C2COC2)C2COC2)CCS[C@@H]1c1ccc(Oc2ccccc2)cc1. The molecular weight excluding hydrogens is 412 g/mol. The lowest BCUT2D eigenvalue weighted by Gasteiger charge is -2.46. The van der Waals surface area contributed by atoms with Crippen molar-refractivity contribution in [3.63, 3.8) is 0 Å². The van der Waals surface area contributed by atoms with Gasteiger partial charge in [0, 0.05) is 12.6 Å². The third kappa shape index (κ3) is 4.90. The minimum atomic E-state index is -0.191. The lowest BCUT2D eigenvalue weighted by Crippen LogP contribution is -2.62. The van der Waals surface area contributed by atoms with E-state index >= 15 is 0 Å². The van der Waals surface area contributed by atoms with E-state index in [1.807, 2.05) is 54.6 Å². The lowest BCUT2D eigenvalue weighted by molar-refractivity contribution is -0.140. The van der Waals surface area contributed by atoms with Gasteiger partial charge in [0.2, 0.25) is 5.91 Å². The largest absolute Gasteiger partial charge is 0.457 e. The van der Waals surface area contributed by atoms with E-state index in [2.05, 4.69) is 10.2 Å². The van der Waals surface area contributed by atoms with Crippen molar-refractivity contribution in [2.75, 3.05) is 38.7 Å². The van der Waals surface area contributed by atoms with Crippen LogP contribution in [0, 0.1) is 0 Å². The summed E-state index contributed by atoms with van der Waals surface area (Å²) in [5.74, 6) is 2.62. The number of nitrogens with one attached hydrogen (secondary N) is 1. The van der Waals surface area contributed by atoms with E-state index in [0.717, 1.165) is 62.2 Å². The van der Waals surface area contributed by atoms with Gasteiger partial charge in [-0.25, -0.2) is 0 Å². The number of ether oxygens (including phenoxy) is 3. The average Bonchev–Trinajstić information content (AvgIpc) is 2.88. The molecule has 2 aromatic rings. The van der Waals surface area contributed by atoms with Crippen LogP contribution in [0.3, 0.4) is 0 Å². The van der Waals surface area contributed by atoms with Gasteiger partial charge in [-0.05, 0) is 42.0 Å². The van der Waals surface area contributed by atoms with Gasteiger partial charge < -0.3 is 19.5 Å². The van der Waals surface area contributed by atoms with Crippen LogP contribution < -0.4 is 10.1 Å². The summed E-state index contributed by atoms with van der Waals surface area (Å²) in [5.41, 5.74) is 1.01. The second kappa shape index (κ2) is 9.61. The summed E-state index contributed by atoms with van der Waals surface area (Å²) in [6.07, 6.45) is 0.972. The summed E-state index contributed by atoms with van der Waals surface area (Å²) in [6.45, 7) is 4.00. The smallest absolute Gasteiger partial charge is 0.237 e. The number of para-hydroxylation sites is 1. The number of thioether (sulfide) groups is 1. The number of hydrogen-bond donors (Lipinski definition) is 1. The maximum Gasteiger partial charge on any atom is 0.237 e. The second-order valence-corrected chi connectivity index (χ2v) is 9.52. The number of nitrogens with zero attached hydrogens (tertiary/aromatic N) is 1. The lowest BCUT2D eigenvalue weighted by atomic mass is 10.1. The molecule has 0 bridgehead atoms. The van der Waals surface area contributed by atoms with Crippen LogP contribution in [0.5, 0.6) is 11.5 Å². The van der Waals surface area contributed by atoms with Gasteiger partial charge in [-0.15, -0.1) is 11.8 Å². The molecule has 3 aliphatic rings. The first-order chi connectivity index (χ1) is 15.3. The van der Waals surface area contributed by atoms with Gasteiger partial charge in [-0.3, -0.25) is 9.69 Å². The molecule has 3 heterocycles. The summed E-state index contributed by atoms with van der Waals surface area (Å²) in [7, 11) is 0. The molecule has 6 nitrogen and oxygen atoms in total. The highest BCUT2D eigenvalue weighted by atomic mass is 32.2. The fraction of sp³-hybridized carbons (Fsp3) is 0.458. The molecule has 0 saturated carbocycles. The molecule has 0 unspecified atom stereocenters. The Hall–Kier alpha value is -2.06. The highest BCUT2D eigenvalue weighted by molar-refractivity contribution is 8.00. The third-order valence-electron chi connectivity index (χ3n) is 6.11. The highest BCUT2D eigenvalue weighted by Gasteiger charge is 2.37. The van der Waals surface area contributed by atoms with E-state index in [0.29, 0.717) is 12.1 Å². The maximum atomic E-state index is 13.1. The molecule has 5 rings (SSSR count). The Balaban J connectivity index is 1.21. The van der Waals surface area contributed by atoms with Crippen LogP contribution >= 0.6 is 11.8 Å². The number of carbonyl (C=O) groups is 1. The molecule has 1 amide bonds. The number of benzene rings is 2. The zero-order valence-electron chi connectivity index (χ0n) is 17.4. The normalized spacial score (nSPS) is 24.7. The van der Waals surface area contributed by atoms with Gasteiger partial charge in [-0.1, -0.05) is 30.3 Å². The molecule has 7 heteroatoms. The minimum absolute atomic E-state index is 0.0962. The average molecular weight is 441 g/mol. The van der Waals surface area contributed by atoms with Gasteiger partial charge in [0.25, 0.3) is 0 Å². The molecule has 1 N–H and O–H groups in total. The van der Waals surface area contributed by atoms with Crippen molar-refractivity contribution in [3.8, 4) is 11.5 Å². The zero-order valence-corrected chi connectivity index (χ0v) is 18.3. The van der Waals surface area contributed by atoms with Crippen molar-refractivity contribution >= 4 is 17.7 Å². The number of rotatable bonds is 7. The molecule has 2 aromatic carbocycles. The predicted octanol–water partition coefficient (Wildman–Crippen LogP) is 3.24. The van der Waals surface area contributed by atoms with Gasteiger partial charge in [0.1, 0.15) is 16.7 Å². The van der Waals surface area contributed by atoms with Crippen molar-refractivity contribution in [1.29, 1.82) is 0 Å². The predicted molar refractivity (Wildman–Crippen MR) is 121 cm³/mol. The van der Waals surface area contributed by atoms with Crippen molar-refractivity contribution in [1.82, 2.24) is 10.2 Å². The fourth-order valence-electron chi connectivity index (χ4n) is 4.15. The quantitative estimate of drug-likeness (QED) is 0.713. The van der Waals surface area contributed by atoms with Crippen LogP contribution in [-0.2, 0) is 14.3 Å². The molecule has 3 fully saturated rings. The second-order valence-electron chi connectivity index (χ2n) is 8.31. The maximum absolute atomic E-state index is 13.1. The molecule has 31 heavy (non-hydrogen) atoms. The van der Waals surface area contributed by atoms with Crippen LogP contribution in [0.15, 0.2) is 54.6 Å². The van der Waals surface area contributed by atoms with Crippen LogP contribution in [0.4, 0.5) is 0 Å². The van der Waals surface area contributed by atoms with Crippen LogP contribution in [0.25, 0.3) is 0 Å². The third-order valence-corrected chi connectivity index (χ3v) is 7.40. The van der Waals surface area contributed by atoms with Gasteiger partial charge in [0.15, 0.2) is 0 Å². The fourth-order valence-corrected chi connectivity index (χ4v) is 5.38. The van der Waals surface area contributed by atoms with Gasteiger partial charge in [0.05, 0.1) is 38.5 Å². The highest BCUT2D eigenvalue weighted by Crippen LogP contribution is 2.34. The van der Waals surface area contributed by atoms with Crippen LogP contribution in [0.1, 0.15) is 17.2 Å². The van der Waals surface area contributed by atoms with Crippen molar-refractivity contribution in [2.45, 2.75) is 29.8 Å². The van der Waals surface area contributed by atoms with E-state index < -0.39 is 0 Å². The zero-order chi connectivity index (χ0) is 21.0. The monoisotopic (exact) mass is 440 g/mol. The molecule has 0 radical (unpaired) electrons. The van der Waals surface area contributed by atoms with Gasteiger partial charge >= 0.3 is 0 Å². The molecule has 0 aromatic heterocycles. The molecule has 3 aliphatic heterocycles. The Morgan fingerprint density at radius 2 is 1.58 bits per heavy atom. The van der Waals surface area contributed by atoms with E-state index in [4.69, 9.17) is 14.2 Å². The number of hydrogen-bond acceptors (Lipinski definition) is 6. The van der Waals surface area contributed by atoms with Crippen molar-refractivity contribution in [3.05, 3.63) is 60.2 Å². The van der Waals surface area contributed by atoms with Crippen LogP contribution in [0.2, 0.25) is 0 Å². The summed E-state index contributed by atoms with van der Waals surface area (Å²) >= 11 is 1.72. The van der Waals surface area contributed by atoms with E-state index in [1.54, 1.807) is 11.8 Å². The Kier molecular flexibility index (Phi) is 6.45. The Labute approximate surface area is 187 Å². The van der Waals surface area contributed by atoms with E-state index in [-0.39, 0.29) is 17.2 Å². The topological polar surface area (TPSA) is 60.0 Å². The molecule has 3 saturated heterocycles.